The first kappa shape index (κ1) is 12.1. The molecule has 3 heteroatoms. The van der Waals surface area contributed by atoms with Crippen LogP contribution in [0.25, 0.3) is 0 Å². The molecule has 0 aliphatic heterocycles. The molecule has 1 rings (SSSR count). The van der Waals surface area contributed by atoms with Gasteiger partial charge in [-0.25, -0.2) is 0 Å². The van der Waals surface area contributed by atoms with Crippen LogP contribution in [0.4, 0.5) is 0 Å². The zero-order valence-electron chi connectivity index (χ0n) is 9.05. The molecule has 0 N–H and O–H groups in total. The van der Waals surface area contributed by atoms with Crippen LogP contribution < -0.4 is 0 Å². The van der Waals surface area contributed by atoms with Gasteiger partial charge in [0, 0.05) is 11.4 Å². The minimum Gasteiger partial charge on any atom is -0.466 e. The molecule has 0 aromatic heterocycles. The van der Waals surface area contributed by atoms with E-state index in [1.807, 2.05) is 25.1 Å². The van der Waals surface area contributed by atoms with Crippen molar-refractivity contribution in [1.82, 2.24) is 0 Å². The van der Waals surface area contributed by atoms with Gasteiger partial charge >= 0.3 is 5.97 Å². The fourth-order valence-corrected chi connectivity index (χ4v) is 1.58. The van der Waals surface area contributed by atoms with E-state index in [-0.39, 0.29) is 5.97 Å². The Morgan fingerprint density at radius 3 is 2.87 bits per heavy atom. The number of halogens is 1. The number of benzene rings is 1. The molecule has 82 valence electrons. The Bertz CT molecular complexity index is 347. The number of carbonyl (C=O) groups is 1. The van der Waals surface area contributed by atoms with Gasteiger partial charge in [-0.3, -0.25) is 4.79 Å². The molecule has 0 amide bonds. The van der Waals surface area contributed by atoms with Gasteiger partial charge in [0.15, 0.2) is 0 Å². The van der Waals surface area contributed by atoms with E-state index in [4.69, 9.17) is 16.3 Å². The number of rotatable bonds is 4. The Kier molecular flexibility index (Phi) is 4.63. The predicted molar refractivity (Wildman–Crippen MR) is 61.1 cm³/mol. The molecule has 0 atom stereocenters. The zero-order chi connectivity index (χ0) is 11.3. The van der Waals surface area contributed by atoms with Crippen LogP contribution in [0.1, 0.15) is 24.5 Å². The lowest BCUT2D eigenvalue weighted by molar-refractivity contribution is -0.143. The zero-order valence-corrected chi connectivity index (χ0v) is 9.80. The topological polar surface area (TPSA) is 26.3 Å². The van der Waals surface area contributed by atoms with Crippen molar-refractivity contribution < 1.29 is 9.53 Å². The first-order valence-electron chi connectivity index (χ1n) is 5.04. The van der Waals surface area contributed by atoms with E-state index in [2.05, 4.69) is 0 Å². The summed E-state index contributed by atoms with van der Waals surface area (Å²) in [6, 6.07) is 5.81. The second-order valence-electron chi connectivity index (χ2n) is 3.40. The Balaban J connectivity index is 2.57. The molecule has 0 aliphatic carbocycles. The quantitative estimate of drug-likeness (QED) is 0.738. The van der Waals surface area contributed by atoms with Gasteiger partial charge in [0.1, 0.15) is 0 Å². The number of ether oxygens (including phenoxy) is 1. The summed E-state index contributed by atoms with van der Waals surface area (Å²) in [5.74, 6) is -0.171. The molecule has 0 unspecified atom stereocenters. The smallest absolute Gasteiger partial charge is 0.306 e. The van der Waals surface area contributed by atoms with Gasteiger partial charge in [0.25, 0.3) is 0 Å². The highest BCUT2D eigenvalue weighted by Gasteiger charge is 2.05. The summed E-state index contributed by atoms with van der Waals surface area (Å²) in [5, 5.41) is 0.713. The standard InChI is InChI=1S/C12H15ClO2/c1-3-15-12(14)7-5-10-8-9(2)4-6-11(10)13/h4,6,8H,3,5,7H2,1-2H3. The average Bonchev–Trinajstić information content (AvgIpc) is 2.20. The number of hydrogen-bond acceptors (Lipinski definition) is 2. The Hall–Kier alpha value is -1.02. The summed E-state index contributed by atoms with van der Waals surface area (Å²) in [4.78, 5) is 11.1. The lowest BCUT2D eigenvalue weighted by Gasteiger charge is -2.05. The normalized spacial score (nSPS) is 10.1. The minimum absolute atomic E-state index is 0.171. The van der Waals surface area contributed by atoms with Crippen molar-refractivity contribution in [2.24, 2.45) is 0 Å². The van der Waals surface area contributed by atoms with Gasteiger partial charge in [0.05, 0.1) is 6.61 Å². The molecule has 0 aliphatic rings. The van der Waals surface area contributed by atoms with Crippen molar-refractivity contribution in [3.05, 3.63) is 34.3 Å². The number of aryl methyl sites for hydroxylation is 2. The molecule has 0 saturated heterocycles. The first-order chi connectivity index (χ1) is 7.13. The van der Waals surface area contributed by atoms with Crippen molar-refractivity contribution >= 4 is 17.6 Å². The molecule has 0 saturated carbocycles. The van der Waals surface area contributed by atoms with Crippen molar-refractivity contribution in [3.8, 4) is 0 Å². The third-order valence-electron chi connectivity index (χ3n) is 2.11. The number of esters is 1. The third kappa shape index (κ3) is 3.92. The van der Waals surface area contributed by atoms with Gasteiger partial charge in [-0.2, -0.15) is 0 Å². The van der Waals surface area contributed by atoms with Gasteiger partial charge in [0.2, 0.25) is 0 Å². The van der Waals surface area contributed by atoms with Crippen molar-refractivity contribution in [3.63, 3.8) is 0 Å². The largest absolute Gasteiger partial charge is 0.466 e. The summed E-state index contributed by atoms with van der Waals surface area (Å²) in [5.41, 5.74) is 2.16. The molecule has 15 heavy (non-hydrogen) atoms. The van der Waals surface area contributed by atoms with E-state index >= 15 is 0 Å². The molecule has 1 aromatic carbocycles. The predicted octanol–water partition coefficient (Wildman–Crippen LogP) is 3.14. The maximum Gasteiger partial charge on any atom is 0.306 e. The first-order valence-corrected chi connectivity index (χ1v) is 5.42. The van der Waals surface area contributed by atoms with Gasteiger partial charge in [-0.15, -0.1) is 0 Å². The second-order valence-corrected chi connectivity index (χ2v) is 3.81. The SMILES string of the molecule is CCOC(=O)CCc1cc(C)ccc1Cl. The summed E-state index contributed by atoms with van der Waals surface area (Å²) in [7, 11) is 0. The van der Waals surface area contributed by atoms with Crippen molar-refractivity contribution in [1.29, 1.82) is 0 Å². The van der Waals surface area contributed by atoms with E-state index in [0.29, 0.717) is 24.5 Å². The van der Waals surface area contributed by atoms with Crippen LogP contribution in [0.3, 0.4) is 0 Å². The second kappa shape index (κ2) is 5.76. The lowest BCUT2D eigenvalue weighted by atomic mass is 10.1. The monoisotopic (exact) mass is 226 g/mol. The highest BCUT2D eigenvalue weighted by atomic mass is 35.5. The molecular weight excluding hydrogens is 212 g/mol. The van der Waals surface area contributed by atoms with E-state index in [1.165, 1.54) is 0 Å². The van der Waals surface area contributed by atoms with Crippen molar-refractivity contribution in [2.45, 2.75) is 26.7 Å². The van der Waals surface area contributed by atoms with Crippen LogP contribution in [-0.2, 0) is 16.0 Å². The molecule has 0 fully saturated rings. The molecular formula is C12H15ClO2. The van der Waals surface area contributed by atoms with Crippen LogP contribution in [0.5, 0.6) is 0 Å². The highest BCUT2D eigenvalue weighted by Crippen LogP contribution is 2.18. The fraction of sp³-hybridized carbons (Fsp3) is 0.417. The molecule has 2 nitrogen and oxygen atoms in total. The van der Waals surface area contributed by atoms with Crippen LogP contribution in [0, 0.1) is 6.92 Å². The fourth-order valence-electron chi connectivity index (χ4n) is 1.36. The molecule has 0 radical (unpaired) electrons. The van der Waals surface area contributed by atoms with Gasteiger partial charge in [-0.1, -0.05) is 29.3 Å². The van der Waals surface area contributed by atoms with Gasteiger partial charge < -0.3 is 4.74 Å². The van der Waals surface area contributed by atoms with Crippen LogP contribution in [0.2, 0.25) is 5.02 Å². The third-order valence-corrected chi connectivity index (χ3v) is 2.47. The molecule has 0 spiro atoms. The molecule has 0 heterocycles. The summed E-state index contributed by atoms with van der Waals surface area (Å²) < 4.78 is 4.85. The average molecular weight is 227 g/mol. The summed E-state index contributed by atoms with van der Waals surface area (Å²) in [6.45, 7) is 4.24. The van der Waals surface area contributed by atoms with E-state index in [1.54, 1.807) is 6.92 Å². The van der Waals surface area contributed by atoms with Crippen LogP contribution >= 0.6 is 11.6 Å². The minimum atomic E-state index is -0.171. The van der Waals surface area contributed by atoms with Crippen molar-refractivity contribution in [2.75, 3.05) is 6.61 Å². The maximum atomic E-state index is 11.1. The maximum absolute atomic E-state index is 11.1. The number of hydrogen-bond donors (Lipinski definition) is 0. The number of carbonyl (C=O) groups excluding carboxylic acids is 1. The Labute approximate surface area is 95.2 Å². The molecule has 1 aromatic rings. The van der Waals surface area contributed by atoms with E-state index < -0.39 is 0 Å². The van der Waals surface area contributed by atoms with Crippen LogP contribution in [-0.4, -0.2) is 12.6 Å². The summed E-state index contributed by atoms with van der Waals surface area (Å²) in [6.07, 6.45) is 1.02. The van der Waals surface area contributed by atoms with E-state index in [0.717, 1.165) is 11.1 Å². The Morgan fingerprint density at radius 1 is 1.47 bits per heavy atom. The lowest BCUT2D eigenvalue weighted by Crippen LogP contribution is -2.05. The van der Waals surface area contributed by atoms with Gasteiger partial charge in [-0.05, 0) is 31.9 Å². The summed E-state index contributed by atoms with van der Waals surface area (Å²) >= 11 is 6.00. The highest BCUT2D eigenvalue weighted by molar-refractivity contribution is 6.31. The van der Waals surface area contributed by atoms with Crippen LogP contribution in [0.15, 0.2) is 18.2 Å². The molecule has 0 bridgehead atoms. The van der Waals surface area contributed by atoms with E-state index in [9.17, 15) is 4.79 Å². The Morgan fingerprint density at radius 2 is 2.20 bits per heavy atom.